The molecule has 0 radical (unpaired) electrons. The van der Waals surface area contributed by atoms with Crippen LogP contribution in [0, 0.1) is 6.92 Å². The highest BCUT2D eigenvalue weighted by Crippen LogP contribution is 2.39. The first-order chi connectivity index (χ1) is 21.3. The summed E-state index contributed by atoms with van der Waals surface area (Å²) in [6.07, 6.45) is 5.19. The van der Waals surface area contributed by atoms with Gasteiger partial charge in [-0.25, -0.2) is 28.2 Å². The van der Waals surface area contributed by atoms with Gasteiger partial charge in [0.25, 0.3) is 0 Å². The molecule has 0 spiro atoms. The summed E-state index contributed by atoms with van der Waals surface area (Å²) in [6.45, 7) is 3.38. The highest BCUT2D eigenvalue weighted by Gasteiger charge is 2.25. The van der Waals surface area contributed by atoms with Crippen molar-refractivity contribution in [1.29, 1.82) is 0 Å². The first kappa shape index (κ1) is 29.6. The molecule has 0 saturated carbocycles. The normalized spacial score (nSPS) is 18.7. The van der Waals surface area contributed by atoms with E-state index in [-0.39, 0.29) is 17.9 Å². The lowest BCUT2D eigenvalue weighted by atomic mass is 10.0. The zero-order valence-electron chi connectivity index (χ0n) is 24.3. The molecule has 44 heavy (non-hydrogen) atoms. The number of hydrogen-bond donors (Lipinski definition) is 3. The molecule has 2 aromatic heterocycles. The number of sulfonamides is 1. The predicted octanol–water partition coefficient (Wildman–Crippen LogP) is 5.27. The van der Waals surface area contributed by atoms with Gasteiger partial charge in [0.2, 0.25) is 21.9 Å². The van der Waals surface area contributed by atoms with E-state index in [1.807, 2.05) is 31.2 Å². The predicted molar refractivity (Wildman–Crippen MR) is 167 cm³/mol. The Morgan fingerprint density at radius 2 is 1.95 bits per heavy atom. The molecule has 0 aliphatic carbocycles. The fourth-order valence-electron chi connectivity index (χ4n) is 5.69. The van der Waals surface area contributed by atoms with Gasteiger partial charge in [-0.05, 0) is 62.4 Å². The van der Waals surface area contributed by atoms with E-state index in [1.165, 1.54) is 4.90 Å². The van der Waals surface area contributed by atoms with Crippen LogP contribution >= 0.6 is 0 Å². The van der Waals surface area contributed by atoms with E-state index in [0.29, 0.717) is 59.6 Å². The summed E-state index contributed by atoms with van der Waals surface area (Å²) in [4.78, 5) is 26.4. The molecule has 2 saturated heterocycles. The summed E-state index contributed by atoms with van der Waals surface area (Å²) in [6, 6.07) is 14.5. The molecule has 3 N–H and O–H groups in total. The molecule has 2 aromatic carbocycles. The molecule has 2 aliphatic heterocycles. The van der Waals surface area contributed by atoms with Crippen molar-refractivity contribution in [3.8, 4) is 22.9 Å². The Balaban J connectivity index is 1.27. The fourth-order valence-corrected chi connectivity index (χ4v) is 7.04. The van der Waals surface area contributed by atoms with Gasteiger partial charge in [0.15, 0.2) is 0 Å². The van der Waals surface area contributed by atoms with Gasteiger partial charge >= 0.3 is 6.09 Å². The Bertz CT molecular complexity index is 1780. The maximum absolute atomic E-state index is 13.0. The number of nitrogens with one attached hydrogen (secondary N) is 2. The highest BCUT2D eigenvalue weighted by atomic mass is 32.2. The molecule has 4 aromatic rings. The standard InChI is InChI=1S/C31H34N6O6S/c1-20-11-12-23-24(8-2-10-27(23)36-44(40,41)19-22-7-5-17-42-22)28(20)43-29-25(9-3-14-32-29)26-13-15-33-30(35-26)34-21-6-4-16-37(18-21)31(38)39/h2-3,8-15,21-22,36H,4-7,16-19H2,1H3,(H,38,39)(H,33,34,35). The number of ether oxygens (including phenoxy) is 2. The number of aromatic nitrogens is 3. The zero-order valence-corrected chi connectivity index (χ0v) is 25.1. The van der Waals surface area contributed by atoms with Crippen molar-refractivity contribution in [2.24, 2.45) is 0 Å². The van der Waals surface area contributed by atoms with E-state index in [9.17, 15) is 18.3 Å². The SMILES string of the molecule is Cc1ccc2c(NS(=O)(=O)CC3CCCO3)cccc2c1Oc1ncccc1-c1ccnc(NC2CCCN(C(=O)O)C2)n1. The largest absolute Gasteiger partial charge is 0.465 e. The molecule has 2 unspecified atom stereocenters. The molecular formula is C31H34N6O6S. The lowest BCUT2D eigenvalue weighted by Gasteiger charge is -2.31. The quantitative estimate of drug-likeness (QED) is 0.226. The summed E-state index contributed by atoms with van der Waals surface area (Å²) in [7, 11) is -3.64. The number of amides is 1. The van der Waals surface area contributed by atoms with Gasteiger partial charge in [0, 0.05) is 48.9 Å². The number of piperidine rings is 1. The average molecular weight is 619 g/mol. The second-order valence-corrected chi connectivity index (χ2v) is 12.8. The number of rotatable bonds is 9. The number of carbonyl (C=O) groups is 1. The van der Waals surface area contributed by atoms with Gasteiger partial charge in [-0.1, -0.05) is 24.3 Å². The number of carboxylic acid groups (broad SMARTS) is 1. The minimum atomic E-state index is -3.64. The smallest absolute Gasteiger partial charge is 0.407 e. The van der Waals surface area contributed by atoms with Crippen LogP contribution in [0.15, 0.2) is 60.9 Å². The van der Waals surface area contributed by atoms with Gasteiger partial charge in [-0.15, -0.1) is 0 Å². The number of nitrogens with zero attached hydrogens (tertiary/aromatic N) is 4. The summed E-state index contributed by atoms with van der Waals surface area (Å²) in [5.41, 5.74) is 2.52. The maximum Gasteiger partial charge on any atom is 0.407 e. The van der Waals surface area contributed by atoms with Crippen LogP contribution in [0.25, 0.3) is 22.0 Å². The topological polar surface area (TPSA) is 156 Å². The minimum Gasteiger partial charge on any atom is -0.465 e. The van der Waals surface area contributed by atoms with E-state index in [1.54, 1.807) is 36.7 Å². The van der Waals surface area contributed by atoms with Crippen LogP contribution in [0.4, 0.5) is 16.4 Å². The minimum absolute atomic E-state index is 0.0930. The number of aryl methyl sites for hydroxylation is 1. The number of likely N-dealkylation sites (tertiary alicyclic amines) is 1. The Hall–Kier alpha value is -4.49. The zero-order chi connectivity index (χ0) is 30.7. The number of anilines is 2. The third-order valence-electron chi connectivity index (χ3n) is 7.83. The van der Waals surface area contributed by atoms with Crippen molar-refractivity contribution in [3.05, 3.63) is 66.5 Å². The molecular weight excluding hydrogens is 584 g/mol. The molecule has 12 nitrogen and oxygen atoms in total. The van der Waals surface area contributed by atoms with Gasteiger partial charge in [-0.2, -0.15) is 0 Å². The summed E-state index contributed by atoms with van der Waals surface area (Å²) in [5, 5.41) is 14.1. The number of benzene rings is 2. The summed E-state index contributed by atoms with van der Waals surface area (Å²) in [5.74, 6) is 1.16. The van der Waals surface area contributed by atoms with E-state index in [4.69, 9.17) is 14.5 Å². The van der Waals surface area contributed by atoms with Crippen LogP contribution < -0.4 is 14.8 Å². The van der Waals surface area contributed by atoms with Crippen molar-refractivity contribution in [1.82, 2.24) is 19.9 Å². The van der Waals surface area contributed by atoms with Gasteiger partial charge in [0.1, 0.15) is 5.75 Å². The summed E-state index contributed by atoms with van der Waals surface area (Å²) < 4.78 is 40.7. The second kappa shape index (κ2) is 12.6. The van der Waals surface area contributed by atoms with Crippen LogP contribution in [0.1, 0.15) is 31.2 Å². The van der Waals surface area contributed by atoms with Crippen molar-refractivity contribution in [2.45, 2.75) is 44.8 Å². The maximum atomic E-state index is 13.0. The van der Waals surface area contributed by atoms with Crippen LogP contribution in [-0.2, 0) is 14.8 Å². The van der Waals surface area contributed by atoms with Crippen LogP contribution in [-0.4, -0.2) is 77.1 Å². The van der Waals surface area contributed by atoms with Crippen molar-refractivity contribution < 1.29 is 27.8 Å². The Morgan fingerprint density at radius 1 is 1.07 bits per heavy atom. The second-order valence-electron chi connectivity index (χ2n) is 11.1. The van der Waals surface area contributed by atoms with Crippen LogP contribution in [0.3, 0.4) is 0 Å². The molecule has 2 fully saturated rings. The van der Waals surface area contributed by atoms with Gasteiger partial charge < -0.3 is 24.8 Å². The lowest BCUT2D eigenvalue weighted by molar-refractivity contribution is 0.127. The first-order valence-electron chi connectivity index (χ1n) is 14.6. The third kappa shape index (κ3) is 6.68. The van der Waals surface area contributed by atoms with Crippen LogP contribution in [0.2, 0.25) is 0 Å². The van der Waals surface area contributed by atoms with Crippen molar-refractivity contribution in [2.75, 3.05) is 35.5 Å². The Labute approximate surface area is 255 Å². The molecule has 230 valence electrons. The van der Waals surface area contributed by atoms with Gasteiger partial charge in [-0.3, -0.25) is 4.72 Å². The van der Waals surface area contributed by atoms with Crippen LogP contribution in [0.5, 0.6) is 11.6 Å². The number of pyridine rings is 1. The van der Waals surface area contributed by atoms with E-state index >= 15 is 0 Å². The Kier molecular flexibility index (Phi) is 8.49. The number of fused-ring (bicyclic) bond motifs is 1. The van der Waals surface area contributed by atoms with Crippen molar-refractivity contribution >= 4 is 38.5 Å². The lowest BCUT2D eigenvalue weighted by Crippen LogP contribution is -2.44. The molecule has 0 bridgehead atoms. The Morgan fingerprint density at radius 3 is 2.77 bits per heavy atom. The molecule has 2 aliphatic rings. The molecule has 13 heteroatoms. The highest BCUT2D eigenvalue weighted by molar-refractivity contribution is 7.92. The molecule has 4 heterocycles. The third-order valence-corrected chi connectivity index (χ3v) is 9.17. The average Bonchev–Trinajstić information content (AvgIpc) is 3.51. The molecule has 6 rings (SSSR count). The first-order valence-corrected chi connectivity index (χ1v) is 16.3. The number of hydrogen-bond acceptors (Lipinski definition) is 9. The molecule has 1 amide bonds. The van der Waals surface area contributed by atoms with E-state index in [0.717, 1.165) is 36.6 Å². The summed E-state index contributed by atoms with van der Waals surface area (Å²) >= 11 is 0. The molecule has 2 atom stereocenters. The fraction of sp³-hybridized carbons (Fsp3) is 0.355. The van der Waals surface area contributed by atoms with E-state index < -0.39 is 16.1 Å². The monoisotopic (exact) mass is 618 g/mol. The van der Waals surface area contributed by atoms with Crippen molar-refractivity contribution in [3.63, 3.8) is 0 Å². The van der Waals surface area contributed by atoms with E-state index in [2.05, 4.69) is 20.0 Å². The van der Waals surface area contributed by atoms with Gasteiger partial charge in [0.05, 0.1) is 28.8 Å².